The van der Waals surface area contributed by atoms with Crippen LogP contribution in [0.5, 0.6) is 0 Å². The summed E-state index contributed by atoms with van der Waals surface area (Å²) >= 11 is 0. The average molecular weight is 172 g/mol. The Kier molecular flexibility index (Phi) is 8.19. The molecule has 0 aromatic heterocycles. The number of halogens is 2. The quantitative estimate of drug-likeness (QED) is 0.501. The molecule has 0 unspecified atom stereocenters. The molecule has 46 valence electrons. The number of hydrogen-bond acceptors (Lipinski definition) is 4. The van der Waals surface area contributed by atoms with Gasteiger partial charge in [0.25, 0.3) is 0 Å². The number of rotatable bonds is 2. The summed E-state index contributed by atoms with van der Waals surface area (Å²) in [6, 6.07) is 0. The van der Waals surface area contributed by atoms with Crippen molar-refractivity contribution >= 4 is 60.4 Å². The summed E-state index contributed by atoms with van der Waals surface area (Å²) in [5.41, 5.74) is 0. The number of hydrogen-bond donors (Lipinski definition) is 2. The van der Waals surface area contributed by atoms with Gasteiger partial charge in [0.05, 0.1) is 0 Å². The third-order valence-electron chi connectivity index (χ3n) is 0.201. The van der Waals surface area contributed by atoms with Crippen molar-refractivity contribution in [2.75, 3.05) is 0 Å². The van der Waals surface area contributed by atoms with Crippen molar-refractivity contribution in [1.29, 1.82) is 0 Å². The van der Waals surface area contributed by atoms with E-state index in [1.165, 1.54) is 0 Å². The molecular formula is H3F2KO4Si. The topological polar surface area (TPSA) is 58.9 Å². The molecule has 8 heavy (non-hydrogen) atoms. The van der Waals surface area contributed by atoms with Crippen LogP contribution in [-0.2, 0) is 9.26 Å². The van der Waals surface area contributed by atoms with Gasteiger partial charge in [0.1, 0.15) is 0 Å². The molecule has 0 aliphatic heterocycles. The molecule has 0 aromatic carbocycles. The predicted molar refractivity (Wildman–Crippen MR) is 21.7 cm³/mol. The van der Waals surface area contributed by atoms with E-state index in [9.17, 15) is 9.05 Å². The fourth-order valence-electron chi connectivity index (χ4n) is 0.0119. The molecule has 0 radical (unpaired) electrons. The van der Waals surface area contributed by atoms with E-state index in [1.54, 1.807) is 0 Å². The summed E-state index contributed by atoms with van der Waals surface area (Å²) in [4.78, 5) is 15.3. The van der Waals surface area contributed by atoms with Gasteiger partial charge in [-0.1, -0.05) is 9.05 Å². The molecule has 2 N–H and O–H groups in total. The van der Waals surface area contributed by atoms with Gasteiger partial charge in [0.15, 0.2) is 0 Å². The maximum absolute atomic E-state index is 10.5. The van der Waals surface area contributed by atoms with Crippen LogP contribution in [0.2, 0.25) is 0 Å². The van der Waals surface area contributed by atoms with Crippen LogP contribution in [-0.4, -0.2) is 70.0 Å². The normalized spacial score (nSPS) is 10.5. The molecular weight excluding hydrogens is 169 g/mol. The molecule has 4 nitrogen and oxygen atoms in total. The summed E-state index contributed by atoms with van der Waals surface area (Å²) in [5.74, 6) is 0. The molecule has 0 atom stereocenters. The van der Waals surface area contributed by atoms with Crippen molar-refractivity contribution in [2.24, 2.45) is 0 Å². The van der Waals surface area contributed by atoms with Gasteiger partial charge in [-0.3, -0.25) is 0 Å². The van der Waals surface area contributed by atoms with Crippen LogP contribution in [0.3, 0.4) is 0 Å². The molecule has 0 aromatic rings. The fourth-order valence-corrected chi connectivity index (χ4v) is 0.0357. The van der Waals surface area contributed by atoms with Crippen molar-refractivity contribution in [3.8, 4) is 0 Å². The van der Waals surface area contributed by atoms with Gasteiger partial charge >= 0.3 is 60.4 Å². The average Bonchev–Trinajstić information content (AvgIpc) is 1.68. The van der Waals surface area contributed by atoms with E-state index in [0.717, 1.165) is 0 Å². The van der Waals surface area contributed by atoms with E-state index in [1.807, 2.05) is 0 Å². The summed E-state index contributed by atoms with van der Waals surface area (Å²) in [5, 5.41) is 0. The van der Waals surface area contributed by atoms with Crippen molar-refractivity contribution < 1.29 is 27.9 Å². The zero-order chi connectivity index (χ0) is 5.91. The van der Waals surface area contributed by atoms with Crippen LogP contribution >= 0.6 is 0 Å². The van der Waals surface area contributed by atoms with E-state index in [4.69, 9.17) is 9.59 Å². The second-order valence-electron chi connectivity index (χ2n) is 0.703. The standard InChI is InChI=1S/F2H2O4Si.K.H/c1-5-7(3,4)6-2;;/h3-4H;;. The molecule has 0 rings (SSSR count). The Labute approximate surface area is 87.1 Å². The van der Waals surface area contributed by atoms with Gasteiger partial charge in [-0.2, -0.15) is 9.26 Å². The molecule has 0 fully saturated rings. The minimum atomic E-state index is -4.98. The van der Waals surface area contributed by atoms with Crippen LogP contribution in [0.4, 0.5) is 9.05 Å². The molecule has 0 saturated carbocycles. The van der Waals surface area contributed by atoms with E-state index in [0.29, 0.717) is 0 Å². The van der Waals surface area contributed by atoms with Crippen LogP contribution in [0.15, 0.2) is 0 Å². The summed E-state index contributed by atoms with van der Waals surface area (Å²) in [6.07, 6.45) is 0. The van der Waals surface area contributed by atoms with Crippen molar-refractivity contribution in [3.63, 3.8) is 0 Å². The van der Waals surface area contributed by atoms with Crippen molar-refractivity contribution in [3.05, 3.63) is 0 Å². The molecule has 0 amide bonds. The van der Waals surface area contributed by atoms with E-state index in [2.05, 4.69) is 9.26 Å². The monoisotopic (exact) mass is 172 g/mol. The van der Waals surface area contributed by atoms with E-state index < -0.39 is 9.05 Å². The van der Waals surface area contributed by atoms with Gasteiger partial charge in [-0.05, 0) is 0 Å². The Bertz CT molecular complexity index is 52.0. The molecule has 0 heterocycles. The Morgan fingerprint density at radius 2 is 1.38 bits per heavy atom. The first kappa shape index (κ1) is 12.3. The summed E-state index contributed by atoms with van der Waals surface area (Å²) in [6.45, 7) is 0. The summed E-state index contributed by atoms with van der Waals surface area (Å²) in [7, 11) is -4.98. The first-order chi connectivity index (χ1) is 3.12. The van der Waals surface area contributed by atoms with Gasteiger partial charge in [-0.15, -0.1) is 0 Å². The van der Waals surface area contributed by atoms with E-state index in [-0.39, 0.29) is 51.4 Å². The van der Waals surface area contributed by atoms with Gasteiger partial charge in [0, 0.05) is 0 Å². The van der Waals surface area contributed by atoms with Crippen LogP contribution in [0.1, 0.15) is 0 Å². The first-order valence-electron chi connectivity index (χ1n) is 1.16. The first-order valence-corrected chi connectivity index (χ1v) is 2.87. The second kappa shape index (κ2) is 5.35. The molecule has 0 aliphatic rings. The Morgan fingerprint density at radius 1 is 1.12 bits per heavy atom. The van der Waals surface area contributed by atoms with Crippen LogP contribution in [0, 0.1) is 0 Å². The third-order valence-corrected chi connectivity index (χ3v) is 0.603. The fraction of sp³-hybridized carbons (Fsp3) is 0. The maximum atomic E-state index is 10.5. The second-order valence-corrected chi connectivity index (χ2v) is 2.11. The van der Waals surface area contributed by atoms with Crippen LogP contribution in [0.25, 0.3) is 0 Å². The molecule has 0 aliphatic carbocycles. The zero-order valence-corrected chi connectivity index (χ0v) is 3.97. The summed E-state index contributed by atoms with van der Waals surface area (Å²) < 4.78 is 25.4. The van der Waals surface area contributed by atoms with Crippen LogP contribution < -0.4 is 0 Å². The Balaban J connectivity index is 0. The predicted octanol–water partition coefficient (Wildman–Crippen LogP) is -1.44. The minimum absolute atomic E-state index is 0. The third kappa shape index (κ3) is 5.69. The molecule has 0 spiro atoms. The van der Waals surface area contributed by atoms with Crippen molar-refractivity contribution in [1.82, 2.24) is 0 Å². The van der Waals surface area contributed by atoms with E-state index >= 15 is 0 Å². The Hall–Kier alpha value is 1.55. The van der Waals surface area contributed by atoms with Gasteiger partial charge < -0.3 is 9.59 Å². The zero-order valence-electron chi connectivity index (χ0n) is 2.97. The molecule has 0 bridgehead atoms. The van der Waals surface area contributed by atoms with Gasteiger partial charge in [0.2, 0.25) is 0 Å². The van der Waals surface area contributed by atoms with Gasteiger partial charge in [-0.25, -0.2) is 0 Å². The molecule has 0 saturated heterocycles. The Morgan fingerprint density at radius 3 is 1.38 bits per heavy atom. The molecule has 8 heteroatoms. The SMILES string of the molecule is O[Si](O)(OF)OF.[KH]. The van der Waals surface area contributed by atoms with Crippen molar-refractivity contribution in [2.45, 2.75) is 0 Å².